The van der Waals surface area contributed by atoms with Crippen molar-refractivity contribution in [3.8, 4) is 0 Å². The molecule has 2 heterocycles. The van der Waals surface area contributed by atoms with Crippen LogP contribution in [0.1, 0.15) is 46.6 Å². The quantitative estimate of drug-likeness (QED) is 0.292. The van der Waals surface area contributed by atoms with Gasteiger partial charge in [-0.25, -0.2) is 9.59 Å². The third kappa shape index (κ3) is 4.63. The minimum absolute atomic E-state index is 0.00349. The maximum absolute atomic E-state index is 15.8. The van der Waals surface area contributed by atoms with E-state index in [0.29, 0.717) is 0 Å². The predicted octanol–water partition coefficient (Wildman–Crippen LogP) is 5.23. The van der Waals surface area contributed by atoms with E-state index in [1.165, 1.54) is 38.6 Å². The molecule has 1 aromatic heterocycles. The Morgan fingerprint density at radius 1 is 0.900 bits per heavy atom. The second kappa shape index (κ2) is 10.4. The molecule has 40 heavy (non-hydrogen) atoms. The number of benzene rings is 2. The second-order valence-electron chi connectivity index (χ2n) is 9.49. The molecule has 0 unspecified atom stereocenters. The standard InChI is InChI=1S/C29H28F4N2O5/c1-6-39-26(37)28(30,31)18-12-13-19-21(14-18)35(5)24-22(17-10-8-16(3)9-11-17)20(15-34(4)25(36)23(19)24)29(32,33)27(38)40-7-2/h8-14H,6-7,15H2,1-5H3. The van der Waals surface area contributed by atoms with Crippen LogP contribution in [0.3, 0.4) is 0 Å². The van der Waals surface area contributed by atoms with Crippen LogP contribution in [0.4, 0.5) is 17.6 Å². The highest BCUT2D eigenvalue weighted by atomic mass is 19.3. The van der Waals surface area contributed by atoms with Gasteiger partial charge in [0.1, 0.15) is 0 Å². The monoisotopic (exact) mass is 560 g/mol. The highest BCUT2D eigenvalue weighted by molar-refractivity contribution is 6.14. The van der Waals surface area contributed by atoms with Crippen molar-refractivity contribution in [1.29, 1.82) is 0 Å². The van der Waals surface area contributed by atoms with E-state index in [9.17, 15) is 23.2 Å². The lowest BCUT2D eigenvalue weighted by molar-refractivity contribution is -0.173. The summed E-state index contributed by atoms with van der Waals surface area (Å²) in [4.78, 5) is 39.2. The van der Waals surface area contributed by atoms with Gasteiger partial charge in [-0.05, 0) is 32.4 Å². The van der Waals surface area contributed by atoms with Gasteiger partial charge in [-0.3, -0.25) is 4.79 Å². The van der Waals surface area contributed by atoms with Crippen LogP contribution >= 0.6 is 0 Å². The minimum atomic E-state index is -4.12. The topological polar surface area (TPSA) is 77.8 Å². The number of esters is 2. The fourth-order valence-electron chi connectivity index (χ4n) is 4.83. The van der Waals surface area contributed by atoms with Crippen LogP contribution in [0.25, 0.3) is 16.5 Å². The highest BCUT2D eigenvalue weighted by Crippen LogP contribution is 2.44. The number of aromatic nitrogens is 1. The average molecular weight is 561 g/mol. The number of nitrogens with zero attached hydrogens (tertiary/aromatic N) is 2. The van der Waals surface area contributed by atoms with Crippen molar-refractivity contribution in [3.05, 3.63) is 76.0 Å². The van der Waals surface area contributed by atoms with Crippen LogP contribution in [0.15, 0.2) is 48.0 Å². The molecule has 0 bridgehead atoms. The molecule has 0 N–H and O–H groups in total. The lowest BCUT2D eigenvalue weighted by Crippen LogP contribution is -2.39. The molecule has 0 aliphatic carbocycles. The molecule has 3 aromatic rings. The Morgan fingerprint density at radius 2 is 1.48 bits per heavy atom. The number of aryl methyl sites for hydroxylation is 2. The van der Waals surface area contributed by atoms with Gasteiger partial charge in [0.05, 0.1) is 24.5 Å². The smallest absolute Gasteiger partial charge is 0.381 e. The number of alkyl halides is 4. The van der Waals surface area contributed by atoms with Crippen LogP contribution in [-0.2, 0) is 32.0 Å². The van der Waals surface area contributed by atoms with Crippen molar-refractivity contribution < 1.29 is 41.4 Å². The van der Waals surface area contributed by atoms with Crippen LogP contribution in [0.5, 0.6) is 0 Å². The molecule has 0 saturated carbocycles. The molecule has 2 aromatic carbocycles. The molecule has 0 fully saturated rings. The van der Waals surface area contributed by atoms with E-state index in [4.69, 9.17) is 0 Å². The Bertz CT molecular complexity index is 1540. The number of ether oxygens (including phenoxy) is 2. The third-order valence-corrected chi connectivity index (χ3v) is 6.84. The number of halogens is 4. The first kappa shape index (κ1) is 28.8. The zero-order valence-corrected chi connectivity index (χ0v) is 22.6. The maximum atomic E-state index is 15.8. The van der Waals surface area contributed by atoms with E-state index >= 15 is 8.78 Å². The predicted molar refractivity (Wildman–Crippen MR) is 139 cm³/mol. The van der Waals surface area contributed by atoms with E-state index in [-0.39, 0.29) is 46.5 Å². The van der Waals surface area contributed by atoms with Crippen LogP contribution < -0.4 is 0 Å². The SMILES string of the molecule is CCOC(=O)C(F)(F)C1=C(c2ccc(C)cc2)c2c(c3ccc(C(F)(F)C(=O)OCC)cc3n2C)C(=O)N(C)C1. The molecule has 0 radical (unpaired) electrons. The van der Waals surface area contributed by atoms with Gasteiger partial charge in [-0.2, -0.15) is 17.6 Å². The van der Waals surface area contributed by atoms with E-state index in [2.05, 4.69) is 9.47 Å². The number of hydrogen-bond acceptors (Lipinski definition) is 5. The molecular formula is C29H28F4N2O5. The first-order valence-corrected chi connectivity index (χ1v) is 12.6. The summed E-state index contributed by atoms with van der Waals surface area (Å²) in [5, 5.41) is 0.211. The Labute approximate surface area is 228 Å². The van der Waals surface area contributed by atoms with Gasteiger partial charge in [-0.1, -0.05) is 42.0 Å². The fourth-order valence-corrected chi connectivity index (χ4v) is 4.83. The number of amides is 1. The highest BCUT2D eigenvalue weighted by Gasteiger charge is 2.49. The average Bonchev–Trinajstić information content (AvgIpc) is 3.13. The minimum Gasteiger partial charge on any atom is -0.461 e. The summed E-state index contributed by atoms with van der Waals surface area (Å²) < 4.78 is 72.0. The van der Waals surface area contributed by atoms with E-state index in [0.717, 1.165) is 22.6 Å². The van der Waals surface area contributed by atoms with Gasteiger partial charge < -0.3 is 18.9 Å². The Hall–Kier alpha value is -4.15. The van der Waals surface area contributed by atoms with Crippen molar-refractivity contribution in [2.24, 2.45) is 7.05 Å². The van der Waals surface area contributed by atoms with E-state index in [1.54, 1.807) is 24.3 Å². The van der Waals surface area contributed by atoms with Gasteiger partial charge >= 0.3 is 23.8 Å². The number of carbonyl (C=O) groups excluding carboxylic acids is 3. The molecule has 0 spiro atoms. The summed E-state index contributed by atoms with van der Waals surface area (Å²) in [6.45, 7) is 3.48. The molecule has 4 rings (SSSR count). The van der Waals surface area contributed by atoms with E-state index in [1.807, 2.05) is 6.92 Å². The van der Waals surface area contributed by atoms with Crippen LogP contribution in [0.2, 0.25) is 0 Å². The Kier molecular flexibility index (Phi) is 7.53. The number of hydrogen-bond donors (Lipinski definition) is 0. The van der Waals surface area contributed by atoms with Gasteiger partial charge in [0, 0.05) is 48.3 Å². The summed E-state index contributed by atoms with van der Waals surface area (Å²) in [6, 6.07) is 9.85. The molecular weight excluding hydrogens is 532 g/mol. The number of rotatable bonds is 7. The van der Waals surface area contributed by atoms with Crippen molar-refractivity contribution in [3.63, 3.8) is 0 Å². The van der Waals surface area contributed by atoms with Crippen LogP contribution in [-0.4, -0.2) is 60.0 Å². The molecule has 1 amide bonds. The molecule has 11 heteroatoms. The number of fused-ring (bicyclic) bond motifs is 3. The first-order chi connectivity index (χ1) is 18.8. The number of likely N-dealkylation sites (N-methyl/N-ethyl adjacent to an activating group) is 1. The summed E-state index contributed by atoms with van der Waals surface area (Å²) >= 11 is 0. The van der Waals surface area contributed by atoms with E-state index < -0.39 is 47.4 Å². The molecule has 0 atom stereocenters. The van der Waals surface area contributed by atoms with Gasteiger partial charge in [-0.15, -0.1) is 0 Å². The molecule has 1 aliphatic heterocycles. The normalized spacial score (nSPS) is 14.3. The van der Waals surface area contributed by atoms with Crippen molar-refractivity contribution in [2.75, 3.05) is 26.8 Å². The fraction of sp³-hybridized carbons (Fsp3) is 0.345. The van der Waals surface area contributed by atoms with Gasteiger partial charge in [0.25, 0.3) is 5.91 Å². The molecule has 7 nitrogen and oxygen atoms in total. The van der Waals surface area contributed by atoms with Gasteiger partial charge in [0.2, 0.25) is 0 Å². The van der Waals surface area contributed by atoms with Crippen molar-refractivity contribution in [2.45, 2.75) is 32.6 Å². The van der Waals surface area contributed by atoms with Crippen molar-refractivity contribution in [1.82, 2.24) is 9.47 Å². The van der Waals surface area contributed by atoms with Crippen molar-refractivity contribution >= 4 is 34.3 Å². The lowest BCUT2D eigenvalue weighted by atomic mass is 9.91. The van der Waals surface area contributed by atoms with Crippen LogP contribution in [0, 0.1) is 6.92 Å². The molecule has 0 saturated heterocycles. The first-order valence-electron chi connectivity index (χ1n) is 12.6. The number of carbonyl (C=O) groups is 3. The summed E-state index contributed by atoms with van der Waals surface area (Å²) in [7, 11) is 2.76. The lowest BCUT2D eigenvalue weighted by Gasteiger charge is -2.24. The maximum Gasteiger partial charge on any atom is 0.381 e. The zero-order valence-electron chi connectivity index (χ0n) is 22.6. The summed E-state index contributed by atoms with van der Waals surface area (Å²) in [6.07, 6.45) is 0. The van der Waals surface area contributed by atoms with Gasteiger partial charge in [0.15, 0.2) is 0 Å². The molecule has 212 valence electrons. The largest absolute Gasteiger partial charge is 0.461 e. The Morgan fingerprint density at radius 3 is 2.05 bits per heavy atom. The zero-order chi connectivity index (χ0) is 29.6. The second-order valence-corrected chi connectivity index (χ2v) is 9.49. The third-order valence-electron chi connectivity index (χ3n) is 6.84. The molecule has 1 aliphatic rings. The summed E-state index contributed by atoms with van der Waals surface area (Å²) in [5.74, 6) is -12.3. The summed E-state index contributed by atoms with van der Waals surface area (Å²) in [5.41, 5.74) is -0.216. The Balaban J connectivity index is 2.11.